The molecule has 2 bridgehead atoms. The molecular weight excluding hydrogens is 370 g/mol. The molecule has 1 fully saturated rings. The van der Waals surface area contributed by atoms with E-state index < -0.39 is 0 Å². The van der Waals surface area contributed by atoms with Crippen molar-refractivity contribution in [1.29, 1.82) is 0 Å². The summed E-state index contributed by atoms with van der Waals surface area (Å²) in [6.07, 6.45) is 0.961. The van der Waals surface area contributed by atoms with Gasteiger partial charge in [0, 0.05) is 11.8 Å². The Hall–Kier alpha value is -3.20. The summed E-state index contributed by atoms with van der Waals surface area (Å²) in [5.41, 5.74) is 7.93. The number of aryl methyl sites for hydroxylation is 2. The topological polar surface area (TPSA) is 37.4 Å². The number of nitrogens with zero attached hydrogens (tertiary/aromatic N) is 1. The summed E-state index contributed by atoms with van der Waals surface area (Å²) in [6.45, 7) is 4.15. The predicted octanol–water partition coefficient (Wildman–Crippen LogP) is 4.95. The lowest BCUT2D eigenvalue weighted by Gasteiger charge is -2.46. The van der Waals surface area contributed by atoms with Gasteiger partial charge in [-0.25, -0.2) is 4.90 Å². The number of amides is 2. The molecule has 0 radical (unpaired) electrons. The Morgan fingerprint density at radius 3 is 2.00 bits per heavy atom. The van der Waals surface area contributed by atoms with Crippen molar-refractivity contribution in [2.45, 2.75) is 32.1 Å². The first-order valence-corrected chi connectivity index (χ1v) is 10.8. The van der Waals surface area contributed by atoms with Gasteiger partial charge in [-0.05, 0) is 58.9 Å². The highest BCUT2D eigenvalue weighted by Gasteiger charge is 2.61. The molecule has 148 valence electrons. The summed E-state index contributed by atoms with van der Waals surface area (Å²) in [7, 11) is 0. The highest BCUT2D eigenvalue weighted by Crippen LogP contribution is 2.61. The summed E-state index contributed by atoms with van der Waals surface area (Å²) >= 11 is 0. The molecule has 7 rings (SSSR count). The fourth-order valence-electron chi connectivity index (χ4n) is 6.02. The zero-order valence-corrected chi connectivity index (χ0v) is 17.1. The van der Waals surface area contributed by atoms with Crippen LogP contribution in [0, 0.1) is 18.8 Å². The number of anilines is 1. The van der Waals surface area contributed by atoms with E-state index in [2.05, 4.69) is 43.3 Å². The van der Waals surface area contributed by atoms with Gasteiger partial charge in [0.05, 0.1) is 17.5 Å². The number of benzene rings is 3. The SMILES string of the molecule is CCc1ccc2c(c1)[C@H]1c3ccccc3[C@H]2[C@@H]2C(=O)N(c3cccc(C)c3)C(=O)[C@H]12. The van der Waals surface area contributed by atoms with Crippen LogP contribution in [0.5, 0.6) is 0 Å². The average molecular weight is 393 g/mol. The Kier molecular flexibility index (Phi) is 3.62. The molecule has 3 aromatic rings. The second-order valence-electron chi connectivity index (χ2n) is 8.80. The lowest BCUT2D eigenvalue weighted by atomic mass is 9.55. The molecule has 4 atom stereocenters. The maximum Gasteiger partial charge on any atom is 0.238 e. The smallest absolute Gasteiger partial charge is 0.238 e. The van der Waals surface area contributed by atoms with Gasteiger partial charge in [0.25, 0.3) is 0 Å². The van der Waals surface area contributed by atoms with Crippen LogP contribution in [0.4, 0.5) is 5.69 Å². The highest BCUT2D eigenvalue weighted by molar-refractivity contribution is 6.23. The minimum Gasteiger partial charge on any atom is -0.274 e. The summed E-state index contributed by atoms with van der Waals surface area (Å²) in [4.78, 5) is 28.9. The van der Waals surface area contributed by atoms with Crippen LogP contribution in [0.15, 0.2) is 66.7 Å². The minimum atomic E-state index is -0.322. The molecule has 1 aliphatic heterocycles. The summed E-state index contributed by atoms with van der Waals surface area (Å²) < 4.78 is 0. The molecular formula is C27H23NO2. The first kappa shape index (κ1) is 17.6. The van der Waals surface area contributed by atoms with Gasteiger partial charge in [-0.2, -0.15) is 0 Å². The molecule has 0 aromatic heterocycles. The molecule has 0 unspecified atom stereocenters. The van der Waals surface area contributed by atoms with Crippen molar-refractivity contribution in [1.82, 2.24) is 0 Å². The molecule has 0 saturated carbocycles. The van der Waals surface area contributed by atoms with Gasteiger partial charge in [-0.15, -0.1) is 0 Å². The number of hydrogen-bond donors (Lipinski definition) is 0. The van der Waals surface area contributed by atoms with Gasteiger partial charge in [-0.3, -0.25) is 9.59 Å². The summed E-state index contributed by atoms with van der Waals surface area (Å²) in [5.74, 6) is -0.847. The van der Waals surface area contributed by atoms with Crippen molar-refractivity contribution in [3.05, 3.63) is 100 Å². The number of rotatable bonds is 2. The van der Waals surface area contributed by atoms with Crippen molar-refractivity contribution >= 4 is 17.5 Å². The van der Waals surface area contributed by atoms with E-state index in [0.717, 1.165) is 12.0 Å². The van der Waals surface area contributed by atoms with Crippen LogP contribution >= 0.6 is 0 Å². The van der Waals surface area contributed by atoms with Crippen LogP contribution in [0.3, 0.4) is 0 Å². The van der Waals surface area contributed by atoms with Crippen LogP contribution in [0.1, 0.15) is 52.1 Å². The lowest BCUT2D eigenvalue weighted by Crippen LogP contribution is -2.41. The van der Waals surface area contributed by atoms with E-state index in [0.29, 0.717) is 5.69 Å². The number of carbonyl (C=O) groups is 2. The Labute approximate surface area is 176 Å². The third kappa shape index (κ3) is 2.15. The number of hydrogen-bond acceptors (Lipinski definition) is 2. The van der Waals surface area contributed by atoms with E-state index in [1.165, 1.54) is 32.7 Å². The minimum absolute atomic E-state index is 0.0485. The van der Waals surface area contributed by atoms with Crippen LogP contribution in [-0.4, -0.2) is 11.8 Å². The van der Waals surface area contributed by atoms with E-state index in [1.807, 2.05) is 37.3 Å². The van der Waals surface area contributed by atoms with Crippen LogP contribution < -0.4 is 4.90 Å². The molecule has 3 aromatic carbocycles. The van der Waals surface area contributed by atoms with E-state index in [1.54, 1.807) is 0 Å². The normalized spacial score (nSPS) is 25.9. The second-order valence-corrected chi connectivity index (χ2v) is 8.80. The van der Waals surface area contributed by atoms with Gasteiger partial charge in [0.2, 0.25) is 11.8 Å². The highest BCUT2D eigenvalue weighted by atomic mass is 16.2. The van der Waals surface area contributed by atoms with Crippen LogP contribution in [0.25, 0.3) is 0 Å². The van der Waals surface area contributed by atoms with Gasteiger partial charge in [0.1, 0.15) is 0 Å². The molecule has 4 aliphatic rings. The van der Waals surface area contributed by atoms with Crippen molar-refractivity contribution < 1.29 is 9.59 Å². The molecule has 1 heterocycles. The van der Waals surface area contributed by atoms with Crippen molar-refractivity contribution in [2.24, 2.45) is 11.8 Å². The Morgan fingerprint density at radius 1 is 0.733 bits per heavy atom. The van der Waals surface area contributed by atoms with E-state index in [9.17, 15) is 9.59 Å². The fourth-order valence-corrected chi connectivity index (χ4v) is 6.02. The molecule has 1 saturated heterocycles. The second kappa shape index (κ2) is 6.15. The zero-order valence-electron chi connectivity index (χ0n) is 17.1. The predicted molar refractivity (Wildman–Crippen MR) is 117 cm³/mol. The third-order valence-corrected chi connectivity index (χ3v) is 7.27. The molecule has 30 heavy (non-hydrogen) atoms. The van der Waals surface area contributed by atoms with Crippen LogP contribution in [-0.2, 0) is 16.0 Å². The quantitative estimate of drug-likeness (QED) is 0.578. The number of carbonyl (C=O) groups excluding carboxylic acids is 2. The van der Waals surface area contributed by atoms with Gasteiger partial charge in [-0.1, -0.05) is 61.5 Å². The Bertz CT molecular complexity index is 1230. The Balaban J connectivity index is 1.57. The molecule has 3 aliphatic carbocycles. The summed E-state index contributed by atoms with van der Waals surface area (Å²) in [6, 6.07) is 22.8. The first-order chi connectivity index (χ1) is 14.6. The molecule has 3 heteroatoms. The first-order valence-electron chi connectivity index (χ1n) is 10.8. The van der Waals surface area contributed by atoms with E-state index in [-0.39, 0.29) is 35.5 Å². The van der Waals surface area contributed by atoms with Gasteiger partial charge in [0.15, 0.2) is 0 Å². The van der Waals surface area contributed by atoms with Crippen molar-refractivity contribution in [3.8, 4) is 0 Å². The van der Waals surface area contributed by atoms with Gasteiger partial charge < -0.3 is 0 Å². The molecule has 0 spiro atoms. The maximum absolute atomic E-state index is 13.7. The molecule has 2 amide bonds. The zero-order chi connectivity index (χ0) is 20.6. The lowest BCUT2D eigenvalue weighted by molar-refractivity contribution is -0.122. The molecule has 3 nitrogen and oxygen atoms in total. The third-order valence-electron chi connectivity index (χ3n) is 7.27. The average Bonchev–Trinajstić information content (AvgIpc) is 3.04. The summed E-state index contributed by atoms with van der Waals surface area (Å²) in [5, 5.41) is 0. The largest absolute Gasteiger partial charge is 0.274 e. The monoisotopic (exact) mass is 393 g/mol. The standard InChI is InChI=1S/C27H23NO2/c1-3-16-11-12-20-21(14-16)23-19-10-5-4-9-18(19)22(20)24-25(23)27(30)28(26(24)29)17-8-6-7-15(2)13-17/h4-14,22-25H,3H2,1-2H3/t22-,23-,24+,25-/m1/s1. The fraction of sp³-hybridized carbons (Fsp3) is 0.259. The van der Waals surface area contributed by atoms with E-state index >= 15 is 0 Å². The van der Waals surface area contributed by atoms with Crippen LogP contribution in [0.2, 0.25) is 0 Å². The van der Waals surface area contributed by atoms with Crippen molar-refractivity contribution in [3.63, 3.8) is 0 Å². The van der Waals surface area contributed by atoms with E-state index in [4.69, 9.17) is 0 Å². The maximum atomic E-state index is 13.7. The molecule has 0 N–H and O–H groups in total. The van der Waals surface area contributed by atoms with Crippen molar-refractivity contribution in [2.75, 3.05) is 4.90 Å². The number of imide groups is 1. The van der Waals surface area contributed by atoms with Gasteiger partial charge >= 0.3 is 0 Å². The Morgan fingerprint density at radius 2 is 1.37 bits per heavy atom.